The van der Waals surface area contributed by atoms with Gasteiger partial charge in [-0.3, -0.25) is 24.6 Å². The van der Waals surface area contributed by atoms with Crippen LogP contribution in [0.1, 0.15) is 27.5 Å². The Morgan fingerprint density at radius 1 is 0.882 bits per heavy atom. The maximum absolute atomic E-state index is 13.6. The van der Waals surface area contributed by atoms with Gasteiger partial charge in [-0.2, -0.15) is 0 Å². The molecule has 3 aromatic rings. The van der Waals surface area contributed by atoms with E-state index in [1.54, 1.807) is 0 Å². The summed E-state index contributed by atoms with van der Waals surface area (Å²) in [6.45, 7) is 0. The van der Waals surface area contributed by atoms with Crippen molar-refractivity contribution >= 4 is 34.8 Å². The molecule has 34 heavy (non-hydrogen) atoms. The van der Waals surface area contributed by atoms with Crippen LogP contribution in [0.15, 0.2) is 78.4 Å². The number of carbonyl (C=O) groups excluding carboxylic acids is 2. The van der Waals surface area contributed by atoms with Crippen LogP contribution in [-0.4, -0.2) is 32.8 Å². The van der Waals surface area contributed by atoms with Gasteiger partial charge < -0.3 is 10.2 Å². The summed E-state index contributed by atoms with van der Waals surface area (Å²) in [7, 11) is 0. The number of nitro benzene ring substituents is 1. The first kappa shape index (κ1) is 22.3. The number of halogens is 1. The minimum absolute atomic E-state index is 0.0375. The van der Waals surface area contributed by atoms with Crippen molar-refractivity contribution in [3.63, 3.8) is 0 Å². The van der Waals surface area contributed by atoms with Gasteiger partial charge in [-0.15, -0.1) is 0 Å². The van der Waals surface area contributed by atoms with Crippen molar-refractivity contribution in [2.45, 2.75) is 6.04 Å². The van der Waals surface area contributed by atoms with Crippen LogP contribution in [0.25, 0.3) is 5.76 Å². The number of benzene rings is 3. The number of hydrogen-bond acceptors (Lipinski definition) is 6. The normalized spacial score (nSPS) is 17.1. The highest BCUT2D eigenvalue weighted by molar-refractivity contribution is 6.51. The van der Waals surface area contributed by atoms with Crippen LogP contribution in [-0.2, 0) is 9.59 Å². The number of hydrogen-bond donors (Lipinski definition) is 2. The number of aliphatic hydroxyl groups excluding tert-OH is 1. The summed E-state index contributed by atoms with van der Waals surface area (Å²) in [5.41, 5.74) is -0.00425. The number of aromatic carboxylic acids is 1. The van der Waals surface area contributed by atoms with Crippen LogP contribution in [0.4, 0.5) is 15.8 Å². The molecule has 2 N–H and O–H groups in total. The first-order valence-corrected chi connectivity index (χ1v) is 9.83. The second-order valence-electron chi connectivity index (χ2n) is 7.38. The zero-order valence-electron chi connectivity index (χ0n) is 17.2. The fourth-order valence-electron chi connectivity index (χ4n) is 3.72. The molecule has 0 bridgehead atoms. The molecule has 0 radical (unpaired) electrons. The van der Waals surface area contributed by atoms with Crippen LogP contribution < -0.4 is 4.90 Å². The number of carboxylic acids is 1. The van der Waals surface area contributed by atoms with Gasteiger partial charge in [-0.05, 0) is 54.1 Å². The maximum Gasteiger partial charge on any atom is 0.335 e. The third kappa shape index (κ3) is 3.88. The van der Waals surface area contributed by atoms with E-state index in [-0.39, 0.29) is 28.1 Å². The molecule has 3 aromatic carbocycles. The largest absolute Gasteiger partial charge is 0.507 e. The molecule has 1 saturated heterocycles. The number of amides is 1. The van der Waals surface area contributed by atoms with Crippen molar-refractivity contribution in [3.8, 4) is 0 Å². The lowest BCUT2D eigenvalue weighted by atomic mass is 9.95. The van der Waals surface area contributed by atoms with Crippen molar-refractivity contribution in [1.82, 2.24) is 0 Å². The lowest BCUT2D eigenvalue weighted by molar-refractivity contribution is -0.384. The molecule has 4 rings (SSSR count). The van der Waals surface area contributed by atoms with Gasteiger partial charge in [0.1, 0.15) is 11.6 Å². The number of ketones is 1. The van der Waals surface area contributed by atoms with E-state index >= 15 is 0 Å². The average Bonchev–Trinajstić information content (AvgIpc) is 3.09. The number of carbonyl (C=O) groups is 3. The third-order valence-electron chi connectivity index (χ3n) is 5.37. The Hall–Kier alpha value is -4.86. The summed E-state index contributed by atoms with van der Waals surface area (Å²) in [6.07, 6.45) is 0. The van der Waals surface area contributed by atoms with Crippen LogP contribution in [0.3, 0.4) is 0 Å². The number of rotatable bonds is 5. The van der Waals surface area contributed by atoms with Crippen LogP contribution in [0.2, 0.25) is 0 Å². The van der Waals surface area contributed by atoms with E-state index in [1.807, 2.05) is 0 Å². The third-order valence-corrected chi connectivity index (χ3v) is 5.37. The maximum atomic E-state index is 13.6. The summed E-state index contributed by atoms with van der Waals surface area (Å²) in [4.78, 5) is 48.6. The van der Waals surface area contributed by atoms with Gasteiger partial charge in [0.05, 0.1) is 22.1 Å². The van der Waals surface area contributed by atoms with Crippen LogP contribution in [0, 0.1) is 15.9 Å². The number of carboxylic acid groups (broad SMARTS) is 1. The number of non-ortho nitro benzene ring substituents is 1. The Labute approximate surface area is 191 Å². The van der Waals surface area contributed by atoms with Gasteiger partial charge in [0, 0.05) is 23.4 Å². The van der Waals surface area contributed by atoms with Crippen molar-refractivity contribution in [1.29, 1.82) is 0 Å². The van der Waals surface area contributed by atoms with E-state index < -0.39 is 40.2 Å². The predicted octanol–water partition coefficient (Wildman–Crippen LogP) is 4.06. The number of aliphatic hydroxyl groups is 1. The Bertz CT molecular complexity index is 1350. The second kappa shape index (κ2) is 8.58. The highest BCUT2D eigenvalue weighted by atomic mass is 19.1. The van der Waals surface area contributed by atoms with Crippen LogP contribution in [0.5, 0.6) is 0 Å². The molecule has 10 heteroatoms. The van der Waals surface area contributed by atoms with Crippen LogP contribution >= 0.6 is 0 Å². The molecule has 9 nitrogen and oxygen atoms in total. The molecule has 170 valence electrons. The molecule has 1 fully saturated rings. The van der Waals surface area contributed by atoms with E-state index in [2.05, 4.69) is 0 Å². The molecule has 0 saturated carbocycles. The quantitative estimate of drug-likeness (QED) is 0.192. The summed E-state index contributed by atoms with van der Waals surface area (Å²) < 4.78 is 13.6. The predicted molar refractivity (Wildman–Crippen MR) is 118 cm³/mol. The van der Waals surface area contributed by atoms with Gasteiger partial charge in [-0.25, -0.2) is 9.18 Å². The number of nitrogens with zero attached hydrogens (tertiary/aromatic N) is 2. The number of nitro groups is 1. The number of Topliss-reactive ketones (excluding diaryl/α,β-unsaturated/α-hetero) is 1. The monoisotopic (exact) mass is 462 g/mol. The molecule has 1 aliphatic rings. The smallest absolute Gasteiger partial charge is 0.335 e. The van der Waals surface area contributed by atoms with Gasteiger partial charge >= 0.3 is 5.97 Å². The molecule has 1 atom stereocenters. The first-order chi connectivity index (χ1) is 16.2. The summed E-state index contributed by atoms with van der Waals surface area (Å²) >= 11 is 0. The highest BCUT2D eigenvalue weighted by Crippen LogP contribution is 2.42. The van der Waals surface area contributed by atoms with Crippen molar-refractivity contribution in [3.05, 3.63) is 111 Å². The Morgan fingerprint density at radius 2 is 1.44 bits per heavy atom. The average molecular weight is 462 g/mol. The fraction of sp³-hybridized carbons (Fsp3) is 0.0417. The lowest BCUT2D eigenvalue weighted by Gasteiger charge is -2.25. The van der Waals surface area contributed by atoms with Gasteiger partial charge in [0.2, 0.25) is 0 Å². The summed E-state index contributed by atoms with van der Waals surface area (Å²) in [5, 5.41) is 31.0. The molecule has 0 spiro atoms. The summed E-state index contributed by atoms with van der Waals surface area (Å²) in [5.74, 6) is -4.30. The minimum Gasteiger partial charge on any atom is -0.507 e. The van der Waals surface area contributed by atoms with E-state index in [0.29, 0.717) is 5.56 Å². The SMILES string of the molecule is O=C1C(=O)N(c2ccc(C(=O)O)cc2)C(c2ccc(F)cc2)C1=C(O)c1ccc([N+](=O)[O-])cc1. The first-order valence-electron chi connectivity index (χ1n) is 9.83. The van der Waals surface area contributed by atoms with E-state index in [4.69, 9.17) is 5.11 Å². The summed E-state index contributed by atoms with van der Waals surface area (Å²) in [6, 6.07) is 13.8. The molecule has 1 unspecified atom stereocenters. The molecular weight excluding hydrogens is 447 g/mol. The van der Waals surface area contributed by atoms with Crippen molar-refractivity contribution in [2.75, 3.05) is 4.90 Å². The Kier molecular flexibility index (Phi) is 5.64. The molecule has 1 heterocycles. The fourth-order valence-corrected chi connectivity index (χ4v) is 3.72. The topological polar surface area (TPSA) is 138 Å². The Balaban J connectivity index is 1.89. The molecule has 0 aromatic heterocycles. The van der Waals surface area contributed by atoms with Gasteiger partial charge in [0.25, 0.3) is 17.4 Å². The molecule has 0 aliphatic carbocycles. The van der Waals surface area contributed by atoms with E-state index in [1.165, 1.54) is 48.5 Å². The van der Waals surface area contributed by atoms with E-state index in [0.717, 1.165) is 29.2 Å². The molecular formula is C24H15FN2O7. The molecule has 1 amide bonds. The molecule has 1 aliphatic heterocycles. The van der Waals surface area contributed by atoms with Gasteiger partial charge in [-0.1, -0.05) is 12.1 Å². The lowest BCUT2D eigenvalue weighted by Crippen LogP contribution is -2.29. The second-order valence-corrected chi connectivity index (χ2v) is 7.38. The van der Waals surface area contributed by atoms with E-state index in [9.17, 15) is 34.0 Å². The van der Waals surface area contributed by atoms with Crippen molar-refractivity contribution in [2.24, 2.45) is 0 Å². The van der Waals surface area contributed by atoms with Crippen molar-refractivity contribution < 1.29 is 33.9 Å². The minimum atomic E-state index is -1.18. The zero-order valence-corrected chi connectivity index (χ0v) is 17.2. The zero-order chi connectivity index (χ0) is 24.6. The highest BCUT2D eigenvalue weighted by Gasteiger charge is 2.47. The standard InChI is InChI=1S/C24H15FN2O7/c25-16-7-1-13(2-8-16)20-19(21(28)14-3-11-18(12-4-14)27(33)34)22(29)23(30)26(20)17-9-5-15(6-10-17)24(31)32/h1-12,20,28H,(H,31,32). The Morgan fingerprint density at radius 3 is 1.97 bits per heavy atom. The number of anilines is 1. The van der Waals surface area contributed by atoms with Gasteiger partial charge in [0.15, 0.2) is 0 Å².